The summed E-state index contributed by atoms with van der Waals surface area (Å²) < 4.78 is 6.20. The molecule has 3 heteroatoms. The highest BCUT2D eigenvalue weighted by Gasteiger charge is 2.17. The van der Waals surface area contributed by atoms with E-state index in [1.807, 2.05) is 39.0 Å². The van der Waals surface area contributed by atoms with Crippen molar-refractivity contribution in [1.29, 1.82) is 0 Å². The van der Waals surface area contributed by atoms with Crippen LogP contribution in [0.2, 0.25) is 0 Å². The minimum absolute atomic E-state index is 0.00470. The lowest BCUT2D eigenvalue weighted by Crippen LogP contribution is -2.03. The van der Waals surface area contributed by atoms with Gasteiger partial charge in [0.05, 0.1) is 5.56 Å². The normalized spacial score (nSPS) is 10.6. The molecule has 0 aliphatic heterocycles. The van der Waals surface area contributed by atoms with Crippen molar-refractivity contribution in [2.75, 3.05) is 0 Å². The predicted molar refractivity (Wildman–Crippen MR) is 70.5 cm³/mol. The van der Waals surface area contributed by atoms with E-state index >= 15 is 0 Å². The van der Waals surface area contributed by atoms with E-state index in [1.165, 1.54) is 0 Å². The summed E-state index contributed by atoms with van der Waals surface area (Å²) in [5.41, 5.74) is 2.37. The molecule has 0 radical (unpaired) electrons. The van der Waals surface area contributed by atoms with Gasteiger partial charge in [-0.25, -0.2) is 0 Å². The highest BCUT2D eigenvalue weighted by molar-refractivity contribution is 9.10. The Balaban J connectivity index is 2.50. The second-order valence-electron chi connectivity index (χ2n) is 4.14. The van der Waals surface area contributed by atoms with Gasteiger partial charge in [-0.15, -0.1) is 0 Å². The lowest BCUT2D eigenvalue weighted by Gasteiger charge is -2.04. The van der Waals surface area contributed by atoms with Crippen LogP contribution < -0.4 is 0 Å². The molecule has 0 unspecified atom stereocenters. The molecule has 88 valence electrons. The van der Waals surface area contributed by atoms with E-state index in [0.29, 0.717) is 16.9 Å². The Hall–Kier alpha value is -1.35. The van der Waals surface area contributed by atoms with Gasteiger partial charge in [0.2, 0.25) is 0 Å². The molecular weight excluding hydrogens is 280 g/mol. The first-order valence-electron chi connectivity index (χ1n) is 5.37. The molecule has 2 aromatic rings. The molecule has 0 spiro atoms. The Morgan fingerprint density at radius 2 is 1.82 bits per heavy atom. The van der Waals surface area contributed by atoms with Gasteiger partial charge in [-0.1, -0.05) is 27.6 Å². The number of hydrogen-bond acceptors (Lipinski definition) is 2. The molecule has 1 aromatic carbocycles. The fraction of sp³-hybridized carbons (Fsp3) is 0.214. The van der Waals surface area contributed by atoms with Crippen molar-refractivity contribution in [3.05, 3.63) is 56.9 Å². The van der Waals surface area contributed by atoms with Crippen LogP contribution in [0, 0.1) is 20.8 Å². The molecule has 0 saturated heterocycles. The van der Waals surface area contributed by atoms with E-state index in [4.69, 9.17) is 4.42 Å². The summed E-state index contributed by atoms with van der Waals surface area (Å²) in [5, 5.41) is 0. The molecule has 0 aliphatic rings. The zero-order chi connectivity index (χ0) is 12.6. The van der Waals surface area contributed by atoms with Crippen LogP contribution in [-0.2, 0) is 0 Å². The summed E-state index contributed by atoms with van der Waals surface area (Å²) in [7, 11) is 0. The number of halogens is 1. The average Bonchev–Trinajstić information content (AvgIpc) is 2.60. The second-order valence-corrected chi connectivity index (χ2v) is 4.99. The van der Waals surface area contributed by atoms with Crippen LogP contribution in [0.5, 0.6) is 0 Å². The molecule has 0 atom stereocenters. The molecular formula is C14H13BrO2. The highest BCUT2D eigenvalue weighted by Crippen LogP contribution is 2.24. The van der Waals surface area contributed by atoms with Gasteiger partial charge in [0.25, 0.3) is 0 Å². The van der Waals surface area contributed by atoms with Crippen LogP contribution in [0.3, 0.4) is 0 Å². The van der Waals surface area contributed by atoms with E-state index in [1.54, 1.807) is 6.07 Å². The van der Waals surface area contributed by atoms with Crippen molar-refractivity contribution in [2.24, 2.45) is 0 Å². The molecule has 17 heavy (non-hydrogen) atoms. The number of carbonyl (C=O) groups is 1. The number of ketones is 1. The Labute approximate surface area is 109 Å². The number of aryl methyl sites for hydroxylation is 3. The predicted octanol–water partition coefficient (Wildman–Crippen LogP) is 4.20. The second kappa shape index (κ2) is 4.49. The van der Waals surface area contributed by atoms with Crippen LogP contribution in [0.25, 0.3) is 0 Å². The number of carbonyl (C=O) groups excluding carboxylic acids is 1. The third-order valence-corrected chi connectivity index (χ3v) is 3.34. The maximum atomic E-state index is 12.4. The monoisotopic (exact) mass is 292 g/mol. The van der Waals surface area contributed by atoms with Crippen LogP contribution in [0.4, 0.5) is 0 Å². The third kappa shape index (κ3) is 2.34. The Morgan fingerprint density at radius 3 is 2.41 bits per heavy atom. The molecule has 2 nitrogen and oxygen atoms in total. The minimum atomic E-state index is -0.00470. The average molecular weight is 293 g/mol. The zero-order valence-electron chi connectivity index (χ0n) is 10.0. The van der Waals surface area contributed by atoms with Gasteiger partial charge < -0.3 is 4.42 Å². The molecule has 2 rings (SSSR count). The van der Waals surface area contributed by atoms with Gasteiger partial charge in [-0.2, -0.15) is 0 Å². The van der Waals surface area contributed by atoms with Crippen LogP contribution in [0.15, 0.2) is 33.2 Å². The smallest absolute Gasteiger partial charge is 0.197 e. The topological polar surface area (TPSA) is 30.2 Å². The number of benzene rings is 1. The lowest BCUT2D eigenvalue weighted by atomic mass is 10.0. The van der Waals surface area contributed by atoms with E-state index in [-0.39, 0.29) is 5.78 Å². The summed E-state index contributed by atoms with van der Waals surface area (Å²) in [6.45, 7) is 5.62. The van der Waals surface area contributed by atoms with Crippen molar-refractivity contribution >= 4 is 21.7 Å². The molecule has 1 aromatic heterocycles. The molecule has 0 saturated carbocycles. The first kappa shape index (κ1) is 12.1. The standard InChI is InChI=1S/C14H13BrO2/c1-8-4-5-13(15)12(6-8)14(16)11-7-9(2)17-10(11)3/h4-7H,1-3H3. The molecule has 0 bridgehead atoms. The van der Waals surface area contributed by atoms with Crippen molar-refractivity contribution in [3.8, 4) is 0 Å². The number of rotatable bonds is 2. The first-order chi connectivity index (χ1) is 7.99. The van der Waals surface area contributed by atoms with Crippen molar-refractivity contribution in [1.82, 2.24) is 0 Å². The van der Waals surface area contributed by atoms with Crippen molar-refractivity contribution < 1.29 is 9.21 Å². The van der Waals surface area contributed by atoms with Gasteiger partial charge in [-0.05, 0) is 39.0 Å². The largest absolute Gasteiger partial charge is 0.466 e. The summed E-state index contributed by atoms with van der Waals surface area (Å²) >= 11 is 3.41. The van der Waals surface area contributed by atoms with Gasteiger partial charge in [0, 0.05) is 10.0 Å². The maximum absolute atomic E-state index is 12.4. The molecule has 0 amide bonds. The van der Waals surface area contributed by atoms with E-state index in [0.717, 1.165) is 15.8 Å². The number of hydrogen-bond donors (Lipinski definition) is 0. The van der Waals surface area contributed by atoms with Crippen molar-refractivity contribution in [3.63, 3.8) is 0 Å². The molecule has 0 fully saturated rings. The summed E-state index contributed by atoms with van der Waals surface area (Å²) in [6, 6.07) is 7.53. The van der Waals surface area contributed by atoms with Crippen LogP contribution in [0.1, 0.15) is 33.0 Å². The zero-order valence-corrected chi connectivity index (χ0v) is 11.6. The number of furan rings is 1. The van der Waals surface area contributed by atoms with Crippen LogP contribution in [-0.4, -0.2) is 5.78 Å². The lowest BCUT2D eigenvalue weighted by molar-refractivity contribution is 0.103. The molecule has 0 N–H and O–H groups in total. The van der Waals surface area contributed by atoms with Gasteiger partial charge in [0.1, 0.15) is 11.5 Å². The SMILES string of the molecule is Cc1ccc(Br)c(C(=O)c2cc(C)oc2C)c1. The van der Waals surface area contributed by atoms with E-state index in [2.05, 4.69) is 15.9 Å². The third-order valence-electron chi connectivity index (χ3n) is 2.65. The van der Waals surface area contributed by atoms with Crippen molar-refractivity contribution in [2.45, 2.75) is 20.8 Å². The fourth-order valence-corrected chi connectivity index (χ4v) is 2.24. The Kier molecular flexibility index (Phi) is 3.20. The van der Waals surface area contributed by atoms with Gasteiger partial charge >= 0.3 is 0 Å². The first-order valence-corrected chi connectivity index (χ1v) is 6.16. The summed E-state index contributed by atoms with van der Waals surface area (Å²) in [6.07, 6.45) is 0. The Morgan fingerprint density at radius 1 is 1.12 bits per heavy atom. The molecule has 1 heterocycles. The maximum Gasteiger partial charge on any atom is 0.197 e. The fourth-order valence-electron chi connectivity index (χ4n) is 1.81. The van der Waals surface area contributed by atoms with Gasteiger partial charge in [0.15, 0.2) is 5.78 Å². The molecule has 0 aliphatic carbocycles. The summed E-state index contributed by atoms with van der Waals surface area (Å²) in [4.78, 5) is 12.4. The quantitative estimate of drug-likeness (QED) is 0.777. The Bertz CT molecular complexity index is 582. The summed E-state index contributed by atoms with van der Waals surface area (Å²) in [5.74, 6) is 1.42. The van der Waals surface area contributed by atoms with Gasteiger partial charge in [-0.3, -0.25) is 4.79 Å². The minimum Gasteiger partial charge on any atom is -0.466 e. The van der Waals surface area contributed by atoms with E-state index in [9.17, 15) is 4.79 Å². The highest BCUT2D eigenvalue weighted by atomic mass is 79.9. The van der Waals surface area contributed by atoms with E-state index < -0.39 is 0 Å². The van der Waals surface area contributed by atoms with Crippen LogP contribution >= 0.6 is 15.9 Å².